The Balaban J connectivity index is 2.14. The molecule has 3 rings (SSSR count). The van der Waals surface area contributed by atoms with Gasteiger partial charge in [0.1, 0.15) is 0 Å². The van der Waals surface area contributed by atoms with Crippen LogP contribution in [0.2, 0.25) is 0 Å². The average molecular weight is 299 g/mol. The minimum atomic E-state index is -0.133. The molecule has 0 atom stereocenters. The summed E-state index contributed by atoms with van der Waals surface area (Å²) in [5.74, 6) is 1.25. The fourth-order valence-electron chi connectivity index (χ4n) is 2.47. The van der Waals surface area contributed by atoms with Gasteiger partial charge in [-0.1, -0.05) is 6.07 Å². The van der Waals surface area contributed by atoms with E-state index in [4.69, 9.17) is 9.47 Å². The van der Waals surface area contributed by atoms with Gasteiger partial charge in [0.2, 0.25) is 0 Å². The van der Waals surface area contributed by atoms with E-state index in [1.165, 1.54) is 0 Å². The molecule has 22 heavy (non-hydrogen) atoms. The van der Waals surface area contributed by atoms with Gasteiger partial charge in [0.05, 0.1) is 38.6 Å². The highest BCUT2D eigenvalue weighted by Gasteiger charge is 2.15. The van der Waals surface area contributed by atoms with Crippen molar-refractivity contribution in [2.45, 2.75) is 13.2 Å². The van der Waals surface area contributed by atoms with E-state index in [1.54, 1.807) is 26.6 Å². The maximum atomic E-state index is 9.54. The molecule has 2 heterocycles. The molecular formula is C16H17N3O3. The van der Waals surface area contributed by atoms with Gasteiger partial charge in [-0.15, -0.1) is 0 Å². The van der Waals surface area contributed by atoms with Crippen LogP contribution in [-0.4, -0.2) is 34.1 Å². The Bertz CT molecular complexity index is 784. The third kappa shape index (κ3) is 2.48. The number of nitrogens with zero attached hydrogens (tertiary/aromatic N) is 3. The lowest BCUT2D eigenvalue weighted by molar-refractivity contribution is 0.276. The molecule has 0 bridgehead atoms. The van der Waals surface area contributed by atoms with Gasteiger partial charge in [0.15, 0.2) is 11.5 Å². The molecule has 0 aliphatic rings. The van der Waals surface area contributed by atoms with Crippen LogP contribution in [-0.2, 0) is 13.2 Å². The van der Waals surface area contributed by atoms with E-state index in [-0.39, 0.29) is 6.61 Å². The van der Waals surface area contributed by atoms with Gasteiger partial charge in [-0.2, -0.15) is 5.10 Å². The van der Waals surface area contributed by atoms with Crippen LogP contribution in [0.15, 0.2) is 36.7 Å². The van der Waals surface area contributed by atoms with Gasteiger partial charge in [0.25, 0.3) is 0 Å². The highest BCUT2D eigenvalue weighted by Crippen LogP contribution is 2.33. The Morgan fingerprint density at radius 2 is 1.95 bits per heavy atom. The van der Waals surface area contributed by atoms with Crippen LogP contribution in [0.5, 0.6) is 11.5 Å². The first-order chi connectivity index (χ1) is 10.8. The monoisotopic (exact) mass is 299 g/mol. The molecule has 0 amide bonds. The zero-order valence-corrected chi connectivity index (χ0v) is 12.5. The number of aliphatic hydroxyl groups is 1. The summed E-state index contributed by atoms with van der Waals surface area (Å²) >= 11 is 0. The normalized spacial score (nSPS) is 10.9. The van der Waals surface area contributed by atoms with E-state index in [0.717, 1.165) is 16.5 Å². The van der Waals surface area contributed by atoms with E-state index in [0.29, 0.717) is 23.7 Å². The fourth-order valence-corrected chi connectivity index (χ4v) is 2.47. The van der Waals surface area contributed by atoms with Crippen molar-refractivity contribution < 1.29 is 14.6 Å². The SMILES string of the molecule is COc1cc2c(CO)nn(Cc3cccnc3)c2cc1OC. The Hall–Kier alpha value is -2.60. The Labute approximate surface area is 127 Å². The number of hydrogen-bond acceptors (Lipinski definition) is 5. The van der Waals surface area contributed by atoms with Gasteiger partial charge >= 0.3 is 0 Å². The van der Waals surface area contributed by atoms with Gasteiger partial charge < -0.3 is 14.6 Å². The lowest BCUT2D eigenvalue weighted by atomic mass is 10.2. The van der Waals surface area contributed by atoms with E-state index in [1.807, 2.05) is 28.9 Å². The predicted octanol–water partition coefficient (Wildman–Crippen LogP) is 1.99. The summed E-state index contributed by atoms with van der Waals surface area (Å²) < 4.78 is 12.5. The van der Waals surface area contributed by atoms with Crippen molar-refractivity contribution in [3.05, 3.63) is 47.9 Å². The minimum Gasteiger partial charge on any atom is -0.493 e. The largest absolute Gasteiger partial charge is 0.493 e. The highest BCUT2D eigenvalue weighted by atomic mass is 16.5. The van der Waals surface area contributed by atoms with Crippen molar-refractivity contribution in [3.8, 4) is 11.5 Å². The van der Waals surface area contributed by atoms with Gasteiger partial charge in [-0.3, -0.25) is 9.67 Å². The Morgan fingerprint density at radius 1 is 1.18 bits per heavy atom. The molecule has 0 unspecified atom stereocenters. The van der Waals surface area contributed by atoms with Crippen molar-refractivity contribution in [2.75, 3.05) is 14.2 Å². The second-order valence-corrected chi connectivity index (χ2v) is 4.85. The highest BCUT2D eigenvalue weighted by molar-refractivity contribution is 5.85. The molecule has 1 N–H and O–H groups in total. The lowest BCUT2D eigenvalue weighted by Gasteiger charge is -2.09. The average Bonchev–Trinajstić information content (AvgIpc) is 2.91. The standard InChI is InChI=1S/C16H17N3O3/c1-21-15-6-12-13(10-20)18-19(14(12)7-16(15)22-2)9-11-4-3-5-17-8-11/h3-8,20H,9-10H2,1-2H3. The minimum absolute atomic E-state index is 0.133. The summed E-state index contributed by atoms with van der Waals surface area (Å²) in [6.07, 6.45) is 3.53. The summed E-state index contributed by atoms with van der Waals surface area (Å²) in [6, 6.07) is 7.58. The fraction of sp³-hybridized carbons (Fsp3) is 0.250. The lowest BCUT2D eigenvalue weighted by Crippen LogP contribution is -2.02. The second-order valence-electron chi connectivity index (χ2n) is 4.85. The molecule has 0 spiro atoms. The third-order valence-electron chi connectivity index (χ3n) is 3.54. The number of fused-ring (bicyclic) bond motifs is 1. The van der Waals surface area contributed by atoms with E-state index >= 15 is 0 Å². The van der Waals surface area contributed by atoms with Crippen LogP contribution in [0.3, 0.4) is 0 Å². The van der Waals surface area contributed by atoms with Crippen molar-refractivity contribution in [2.24, 2.45) is 0 Å². The smallest absolute Gasteiger partial charge is 0.162 e. The second kappa shape index (κ2) is 6.03. The molecule has 0 radical (unpaired) electrons. The first kappa shape index (κ1) is 14.3. The van der Waals surface area contributed by atoms with Crippen molar-refractivity contribution in [1.29, 1.82) is 0 Å². The van der Waals surface area contributed by atoms with Crippen LogP contribution in [0.4, 0.5) is 0 Å². The number of methoxy groups -OCH3 is 2. The molecule has 6 heteroatoms. The molecule has 2 aromatic heterocycles. The van der Waals surface area contributed by atoms with E-state index < -0.39 is 0 Å². The molecule has 0 saturated carbocycles. The number of hydrogen-bond donors (Lipinski definition) is 1. The Morgan fingerprint density at radius 3 is 2.59 bits per heavy atom. The first-order valence-electron chi connectivity index (χ1n) is 6.88. The summed E-state index contributed by atoms with van der Waals surface area (Å²) in [6.45, 7) is 0.436. The summed E-state index contributed by atoms with van der Waals surface area (Å²) in [7, 11) is 3.18. The molecular weight excluding hydrogens is 282 g/mol. The molecule has 0 fully saturated rings. The molecule has 3 aromatic rings. The molecule has 0 aliphatic heterocycles. The number of aromatic nitrogens is 3. The maximum absolute atomic E-state index is 9.54. The van der Waals surface area contributed by atoms with Gasteiger partial charge in [-0.25, -0.2) is 0 Å². The molecule has 0 aliphatic carbocycles. The zero-order chi connectivity index (χ0) is 15.5. The summed E-state index contributed by atoms with van der Waals surface area (Å²) in [5, 5.41) is 14.9. The number of benzene rings is 1. The molecule has 0 saturated heterocycles. The maximum Gasteiger partial charge on any atom is 0.162 e. The van der Waals surface area contributed by atoms with Crippen molar-refractivity contribution in [3.63, 3.8) is 0 Å². The van der Waals surface area contributed by atoms with E-state index in [2.05, 4.69) is 10.1 Å². The van der Waals surface area contributed by atoms with Gasteiger partial charge in [-0.05, 0) is 17.7 Å². The first-order valence-corrected chi connectivity index (χ1v) is 6.88. The molecule has 1 aromatic carbocycles. The zero-order valence-electron chi connectivity index (χ0n) is 12.5. The molecule has 114 valence electrons. The molecule has 6 nitrogen and oxygen atoms in total. The summed E-state index contributed by atoms with van der Waals surface area (Å²) in [4.78, 5) is 4.11. The summed E-state index contributed by atoms with van der Waals surface area (Å²) in [5.41, 5.74) is 2.52. The van der Waals surface area contributed by atoms with Crippen LogP contribution < -0.4 is 9.47 Å². The van der Waals surface area contributed by atoms with Crippen molar-refractivity contribution in [1.82, 2.24) is 14.8 Å². The predicted molar refractivity (Wildman–Crippen MR) is 82.1 cm³/mol. The van der Waals surface area contributed by atoms with Gasteiger partial charge in [0, 0.05) is 23.8 Å². The number of pyridine rings is 1. The number of ether oxygens (including phenoxy) is 2. The number of rotatable bonds is 5. The van der Waals surface area contributed by atoms with Crippen LogP contribution >= 0.6 is 0 Å². The van der Waals surface area contributed by atoms with Crippen LogP contribution in [0, 0.1) is 0 Å². The third-order valence-corrected chi connectivity index (χ3v) is 3.54. The number of aliphatic hydroxyl groups excluding tert-OH is 1. The quantitative estimate of drug-likeness (QED) is 0.780. The Kier molecular flexibility index (Phi) is 3.93. The van der Waals surface area contributed by atoms with Crippen LogP contribution in [0.25, 0.3) is 10.9 Å². The van der Waals surface area contributed by atoms with Crippen molar-refractivity contribution >= 4 is 10.9 Å². The van der Waals surface area contributed by atoms with E-state index in [9.17, 15) is 5.11 Å². The topological polar surface area (TPSA) is 69.4 Å². The van der Waals surface area contributed by atoms with Crippen LogP contribution in [0.1, 0.15) is 11.3 Å².